The maximum atomic E-state index is 10.7. The molecule has 0 aliphatic heterocycles. The minimum atomic E-state index is -0.368. The lowest BCUT2D eigenvalue weighted by Gasteiger charge is -2.05. The van der Waals surface area contributed by atoms with E-state index in [2.05, 4.69) is 13.5 Å². The first-order valence-corrected chi connectivity index (χ1v) is 8.76. The molecule has 0 aromatic carbocycles. The van der Waals surface area contributed by atoms with E-state index in [0.717, 1.165) is 38.7 Å². The van der Waals surface area contributed by atoms with E-state index in [4.69, 9.17) is 14.2 Å². The van der Waals surface area contributed by atoms with Crippen molar-refractivity contribution in [2.24, 2.45) is 0 Å². The van der Waals surface area contributed by atoms with Gasteiger partial charge in [-0.2, -0.15) is 0 Å². The van der Waals surface area contributed by atoms with Gasteiger partial charge in [0.25, 0.3) is 0 Å². The van der Waals surface area contributed by atoms with Crippen LogP contribution in [0.15, 0.2) is 12.7 Å². The van der Waals surface area contributed by atoms with Crippen LogP contribution in [0.2, 0.25) is 6.04 Å². The fourth-order valence-corrected chi connectivity index (χ4v) is 2.50. The fourth-order valence-electron chi connectivity index (χ4n) is 1.33. The molecule has 4 nitrogen and oxygen atoms in total. The number of carbonyl (C=O) groups is 1. The van der Waals surface area contributed by atoms with Crippen molar-refractivity contribution in [3.8, 4) is 0 Å². The highest BCUT2D eigenvalue weighted by atomic mass is 28.2. The van der Waals surface area contributed by atoms with Gasteiger partial charge in [-0.25, -0.2) is 4.79 Å². The van der Waals surface area contributed by atoms with Gasteiger partial charge < -0.3 is 14.2 Å². The van der Waals surface area contributed by atoms with Crippen LogP contribution in [0.1, 0.15) is 26.2 Å². The summed E-state index contributed by atoms with van der Waals surface area (Å²) >= 11 is 0. The van der Waals surface area contributed by atoms with Crippen molar-refractivity contribution in [1.29, 1.82) is 0 Å². The van der Waals surface area contributed by atoms with Crippen LogP contribution in [0, 0.1) is 0 Å². The Labute approximate surface area is 113 Å². The van der Waals surface area contributed by atoms with E-state index in [1.54, 1.807) is 0 Å². The van der Waals surface area contributed by atoms with Crippen LogP contribution in [0.5, 0.6) is 0 Å². The standard InChI is InChI=1S/C13H26O4Si/c1-3-7-16-12-18-11-6-9-15-8-5-10-17-13(14)4-2/h4H,2-3,5-12,18H2,1H3. The number of ether oxygens (including phenoxy) is 3. The smallest absolute Gasteiger partial charge is 0.330 e. The lowest BCUT2D eigenvalue weighted by Crippen LogP contribution is -2.07. The molecule has 0 heterocycles. The minimum Gasteiger partial charge on any atom is -0.462 e. The Morgan fingerprint density at radius 2 is 1.94 bits per heavy atom. The molecule has 106 valence electrons. The molecule has 0 aromatic rings. The lowest BCUT2D eigenvalue weighted by atomic mass is 10.5. The number of hydrogen-bond donors (Lipinski definition) is 0. The largest absolute Gasteiger partial charge is 0.462 e. The monoisotopic (exact) mass is 274 g/mol. The molecule has 0 aliphatic rings. The Kier molecular flexibility index (Phi) is 13.9. The molecule has 0 amide bonds. The van der Waals surface area contributed by atoms with Gasteiger partial charge in [0, 0.05) is 38.5 Å². The summed E-state index contributed by atoms with van der Waals surface area (Å²) in [6, 6.07) is 1.27. The summed E-state index contributed by atoms with van der Waals surface area (Å²) in [5.41, 5.74) is 0. The second kappa shape index (κ2) is 14.4. The molecule has 5 heteroatoms. The van der Waals surface area contributed by atoms with Gasteiger partial charge in [0.1, 0.15) is 0 Å². The molecule has 0 saturated carbocycles. The highest BCUT2D eigenvalue weighted by molar-refractivity contribution is 6.35. The third kappa shape index (κ3) is 13.4. The summed E-state index contributed by atoms with van der Waals surface area (Å²) in [4.78, 5) is 10.7. The average molecular weight is 274 g/mol. The van der Waals surface area contributed by atoms with Crippen LogP contribution in [-0.4, -0.2) is 48.1 Å². The average Bonchev–Trinajstić information content (AvgIpc) is 2.39. The molecule has 0 unspecified atom stereocenters. The van der Waals surface area contributed by atoms with Crippen molar-refractivity contribution in [1.82, 2.24) is 0 Å². The molecule has 0 atom stereocenters. The van der Waals surface area contributed by atoms with Gasteiger partial charge in [0.05, 0.1) is 16.1 Å². The third-order valence-corrected chi connectivity index (χ3v) is 3.85. The number of esters is 1. The highest BCUT2D eigenvalue weighted by Crippen LogP contribution is 1.93. The van der Waals surface area contributed by atoms with Crippen LogP contribution in [0.25, 0.3) is 0 Å². The van der Waals surface area contributed by atoms with E-state index >= 15 is 0 Å². The number of carbonyl (C=O) groups excluding carboxylic acids is 1. The Morgan fingerprint density at radius 1 is 1.17 bits per heavy atom. The molecular formula is C13H26O4Si. The molecule has 0 fully saturated rings. The first-order chi connectivity index (χ1) is 8.81. The summed E-state index contributed by atoms with van der Waals surface area (Å²) in [7, 11) is -0.0495. The van der Waals surface area contributed by atoms with Crippen LogP contribution in [0.3, 0.4) is 0 Å². The van der Waals surface area contributed by atoms with Gasteiger partial charge in [0.15, 0.2) is 0 Å². The molecule has 0 spiro atoms. The highest BCUT2D eigenvalue weighted by Gasteiger charge is 1.95. The zero-order chi connectivity index (χ0) is 13.5. The quantitative estimate of drug-likeness (QED) is 0.221. The van der Waals surface area contributed by atoms with Crippen LogP contribution < -0.4 is 0 Å². The molecule has 0 aromatic heterocycles. The van der Waals surface area contributed by atoms with E-state index in [1.807, 2.05) is 0 Å². The normalized spacial score (nSPS) is 10.9. The van der Waals surface area contributed by atoms with E-state index in [9.17, 15) is 4.79 Å². The number of hydrogen-bond acceptors (Lipinski definition) is 4. The fraction of sp³-hybridized carbons (Fsp3) is 0.769. The predicted octanol–water partition coefficient (Wildman–Crippen LogP) is 1.48. The molecule has 0 aliphatic carbocycles. The maximum absolute atomic E-state index is 10.7. The van der Waals surface area contributed by atoms with Gasteiger partial charge in [0.2, 0.25) is 0 Å². The van der Waals surface area contributed by atoms with Crippen LogP contribution in [0.4, 0.5) is 0 Å². The van der Waals surface area contributed by atoms with E-state index in [-0.39, 0.29) is 15.5 Å². The van der Waals surface area contributed by atoms with E-state index in [0.29, 0.717) is 13.2 Å². The molecule has 0 radical (unpaired) electrons. The molecule has 0 saturated heterocycles. The van der Waals surface area contributed by atoms with Crippen molar-refractivity contribution in [3.05, 3.63) is 12.7 Å². The van der Waals surface area contributed by atoms with Crippen LogP contribution in [-0.2, 0) is 19.0 Å². The molecular weight excluding hydrogens is 248 g/mol. The summed E-state index contributed by atoms with van der Waals surface area (Å²) in [5.74, 6) is -0.368. The van der Waals surface area contributed by atoms with E-state index < -0.39 is 0 Å². The minimum absolute atomic E-state index is 0.0495. The van der Waals surface area contributed by atoms with Gasteiger partial charge in [-0.1, -0.05) is 19.5 Å². The first kappa shape index (κ1) is 17.3. The molecule has 0 bridgehead atoms. The molecule has 0 N–H and O–H groups in total. The molecule has 18 heavy (non-hydrogen) atoms. The maximum Gasteiger partial charge on any atom is 0.330 e. The summed E-state index contributed by atoms with van der Waals surface area (Å²) in [6.07, 6.45) is 5.14. The Morgan fingerprint density at radius 3 is 2.67 bits per heavy atom. The second-order valence-corrected chi connectivity index (χ2v) is 5.83. The zero-order valence-corrected chi connectivity index (χ0v) is 12.9. The molecule has 0 rings (SSSR count). The van der Waals surface area contributed by atoms with Crippen molar-refractivity contribution in [3.63, 3.8) is 0 Å². The Hall–Kier alpha value is -0.653. The first-order valence-electron chi connectivity index (χ1n) is 6.76. The van der Waals surface area contributed by atoms with Crippen molar-refractivity contribution in [2.45, 2.75) is 32.2 Å². The van der Waals surface area contributed by atoms with Crippen molar-refractivity contribution >= 4 is 15.5 Å². The summed E-state index contributed by atoms with van der Waals surface area (Å²) in [6.45, 7) is 8.21. The topological polar surface area (TPSA) is 44.8 Å². The van der Waals surface area contributed by atoms with Gasteiger partial charge >= 0.3 is 5.97 Å². The lowest BCUT2D eigenvalue weighted by molar-refractivity contribution is -0.138. The van der Waals surface area contributed by atoms with Crippen LogP contribution >= 0.6 is 0 Å². The van der Waals surface area contributed by atoms with Gasteiger partial charge in [-0.05, 0) is 12.8 Å². The van der Waals surface area contributed by atoms with E-state index in [1.165, 1.54) is 12.1 Å². The van der Waals surface area contributed by atoms with Crippen molar-refractivity contribution < 1.29 is 19.0 Å². The SMILES string of the molecule is C=CC(=O)OCCCOCCC[SiH2]COCCC. The summed E-state index contributed by atoms with van der Waals surface area (Å²) in [5, 5.41) is 0. The summed E-state index contributed by atoms with van der Waals surface area (Å²) < 4.78 is 15.7. The van der Waals surface area contributed by atoms with Gasteiger partial charge in [-0.15, -0.1) is 0 Å². The van der Waals surface area contributed by atoms with Crippen molar-refractivity contribution in [2.75, 3.05) is 32.7 Å². The predicted molar refractivity (Wildman–Crippen MR) is 75.7 cm³/mol. The second-order valence-electron chi connectivity index (χ2n) is 4.01. The Balaban J connectivity index is 2.98. The Bertz CT molecular complexity index is 209. The van der Waals surface area contributed by atoms with Gasteiger partial charge in [-0.3, -0.25) is 0 Å². The number of rotatable bonds is 13. The zero-order valence-electron chi connectivity index (χ0n) is 11.5. The third-order valence-electron chi connectivity index (χ3n) is 2.27.